The van der Waals surface area contributed by atoms with Crippen LogP contribution in [0.3, 0.4) is 0 Å². The zero-order valence-corrected chi connectivity index (χ0v) is 17.6. The van der Waals surface area contributed by atoms with E-state index >= 15 is 0 Å². The molecule has 3 fully saturated rings. The maximum absolute atomic E-state index is 12.5. The lowest BCUT2D eigenvalue weighted by atomic mass is 9.52. The number of carbonyl (C=O) groups is 1. The minimum absolute atomic E-state index is 0.0187. The summed E-state index contributed by atoms with van der Waals surface area (Å²) in [5.41, 5.74) is 0.525. The third-order valence-electron chi connectivity index (χ3n) is 7.93. The van der Waals surface area contributed by atoms with Gasteiger partial charge in [0.15, 0.2) is 0 Å². The summed E-state index contributed by atoms with van der Waals surface area (Å²) in [5.74, 6) is -0.418. The Balaban J connectivity index is 1.52. The van der Waals surface area contributed by atoms with Crippen molar-refractivity contribution >= 4 is 5.97 Å². The molecule has 0 aromatic carbocycles. The third-order valence-corrected chi connectivity index (χ3v) is 7.93. The summed E-state index contributed by atoms with van der Waals surface area (Å²) in [4.78, 5) is 12.5. The zero-order chi connectivity index (χ0) is 21.0. The van der Waals surface area contributed by atoms with E-state index in [1.807, 2.05) is 0 Å². The topological polar surface area (TPSA) is 88.5 Å². The van der Waals surface area contributed by atoms with Gasteiger partial charge in [-0.15, -0.1) is 0 Å². The maximum Gasteiger partial charge on any atom is 0.331 e. The summed E-state index contributed by atoms with van der Waals surface area (Å²) in [6.45, 7) is 8.77. The predicted octanol–water partition coefficient (Wildman–Crippen LogP) is 2.45. The molecule has 2 aliphatic carbocycles. The normalized spacial score (nSPS) is 45.3. The molecule has 2 heterocycles. The number of aliphatic hydroxyl groups excluding tert-OH is 2. The Labute approximate surface area is 172 Å². The van der Waals surface area contributed by atoms with E-state index in [0.717, 1.165) is 12.8 Å². The SMILES string of the molecule is CC1=C[C@H]2O[C@@H]3C[C@@H](OC(=O)/C=C\C=C\[C@H](O)[C@H](C)O)[C@](C)([C@@]2(C)CC1)[C@]31CO1. The minimum atomic E-state index is -0.965. The molecule has 0 amide bonds. The number of epoxide rings is 1. The molecule has 2 N–H and O–H groups in total. The van der Waals surface area contributed by atoms with E-state index in [0.29, 0.717) is 13.0 Å². The van der Waals surface area contributed by atoms with E-state index < -0.39 is 18.2 Å². The van der Waals surface area contributed by atoms with Crippen molar-refractivity contribution in [2.45, 2.75) is 83.1 Å². The van der Waals surface area contributed by atoms with E-state index in [1.165, 1.54) is 36.8 Å². The Morgan fingerprint density at radius 1 is 1.34 bits per heavy atom. The first-order valence-corrected chi connectivity index (χ1v) is 10.5. The molecule has 29 heavy (non-hydrogen) atoms. The number of fused-ring (bicyclic) bond motifs is 2. The van der Waals surface area contributed by atoms with E-state index in [9.17, 15) is 15.0 Å². The fraction of sp³-hybridized carbons (Fsp3) is 0.696. The van der Waals surface area contributed by atoms with Gasteiger partial charge in [-0.25, -0.2) is 4.79 Å². The lowest BCUT2D eigenvalue weighted by Gasteiger charge is -2.57. The van der Waals surface area contributed by atoms with Gasteiger partial charge in [0, 0.05) is 23.3 Å². The highest BCUT2D eigenvalue weighted by Crippen LogP contribution is 2.71. The van der Waals surface area contributed by atoms with Gasteiger partial charge in [0.05, 0.1) is 31.0 Å². The number of ether oxygens (including phenoxy) is 3. The number of aliphatic hydroxyl groups is 2. The molecule has 0 aromatic rings. The minimum Gasteiger partial charge on any atom is -0.458 e. The van der Waals surface area contributed by atoms with Crippen molar-refractivity contribution in [1.82, 2.24) is 0 Å². The van der Waals surface area contributed by atoms with Crippen LogP contribution in [-0.4, -0.2) is 58.9 Å². The second-order valence-electron chi connectivity index (χ2n) is 9.49. The average molecular weight is 405 g/mol. The van der Waals surface area contributed by atoms with Gasteiger partial charge in [0.25, 0.3) is 0 Å². The largest absolute Gasteiger partial charge is 0.458 e. The highest BCUT2D eigenvalue weighted by Gasteiger charge is 2.81. The molecule has 2 saturated heterocycles. The van der Waals surface area contributed by atoms with Crippen LogP contribution in [0.2, 0.25) is 0 Å². The lowest BCUT2D eigenvalue weighted by Crippen LogP contribution is -2.63. The second-order valence-corrected chi connectivity index (χ2v) is 9.49. The molecule has 1 saturated carbocycles. The van der Waals surface area contributed by atoms with Crippen molar-refractivity contribution in [3.05, 3.63) is 36.0 Å². The first-order valence-electron chi connectivity index (χ1n) is 10.5. The van der Waals surface area contributed by atoms with Crippen molar-refractivity contribution in [1.29, 1.82) is 0 Å². The molecule has 6 heteroatoms. The van der Waals surface area contributed by atoms with Crippen molar-refractivity contribution < 1.29 is 29.2 Å². The molecule has 4 rings (SSSR count). The van der Waals surface area contributed by atoms with E-state index in [4.69, 9.17) is 14.2 Å². The van der Waals surface area contributed by atoms with Crippen LogP contribution in [0.5, 0.6) is 0 Å². The smallest absolute Gasteiger partial charge is 0.331 e. The predicted molar refractivity (Wildman–Crippen MR) is 107 cm³/mol. The Morgan fingerprint density at radius 2 is 2.07 bits per heavy atom. The molecule has 2 bridgehead atoms. The van der Waals surface area contributed by atoms with Gasteiger partial charge in [-0.2, -0.15) is 0 Å². The number of carbonyl (C=O) groups excluding carboxylic acids is 1. The number of hydrogen-bond acceptors (Lipinski definition) is 6. The Morgan fingerprint density at radius 3 is 2.72 bits per heavy atom. The molecule has 6 nitrogen and oxygen atoms in total. The Bertz CT molecular complexity index is 763. The Hall–Kier alpha value is -1.47. The van der Waals surface area contributed by atoms with Gasteiger partial charge in [-0.05, 0) is 26.7 Å². The second kappa shape index (κ2) is 7.05. The van der Waals surface area contributed by atoms with E-state index in [2.05, 4.69) is 26.8 Å². The third kappa shape index (κ3) is 3.03. The summed E-state index contributed by atoms with van der Waals surface area (Å²) in [7, 11) is 0. The van der Waals surface area contributed by atoms with Crippen LogP contribution in [0.1, 0.15) is 47.0 Å². The summed E-state index contributed by atoms with van der Waals surface area (Å²) >= 11 is 0. The monoisotopic (exact) mass is 404 g/mol. The van der Waals surface area contributed by atoms with Crippen LogP contribution in [0.25, 0.3) is 0 Å². The van der Waals surface area contributed by atoms with Gasteiger partial charge in [-0.1, -0.05) is 43.7 Å². The van der Waals surface area contributed by atoms with Gasteiger partial charge in [0.2, 0.25) is 0 Å². The number of hydrogen-bond donors (Lipinski definition) is 2. The van der Waals surface area contributed by atoms with Crippen LogP contribution in [0, 0.1) is 10.8 Å². The molecule has 0 aromatic heterocycles. The fourth-order valence-electron chi connectivity index (χ4n) is 5.67. The van der Waals surface area contributed by atoms with Crippen molar-refractivity contribution in [3.8, 4) is 0 Å². The zero-order valence-electron chi connectivity index (χ0n) is 17.6. The average Bonchev–Trinajstić information content (AvgIpc) is 3.43. The molecule has 1 spiro atoms. The molecule has 0 unspecified atom stereocenters. The Kier molecular flexibility index (Phi) is 5.05. The molecule has 8 atom stereocenters. The molecule has 4 aliphatic rings. The number of esters is 1. The first kappa shape index (κ1) is 20.8. The molecule has 0 radical (unpaired) electrons. The van der Waals surface area contributed by atoms with Crippen molar-refractivity contribution in [3.63, 3.8) is 0 Å². The number of allylic oxidation sites excluding steroid dienone is 3. The van der Waals surface area contributed by atoms with Crippen LogP contribution in [0.15, 0.2) is 36.0 Å². The van der Waals surface area contributed by atoms with Gasteiger partial charge in [-0.3, -0.25) is 0 Å². The van der Waals surface area contributed by atoms with Crippen LogP contribution >= 0.6 is 0 Å². The molecular weight excluding hydrogens is 372 g/mol. The molecule has 160 valence electrons. The summed E-state index contributed by atoms with van der Waals surface area (Å²) in [5, 5.41) is 18.8. The van der Waals surface area contributed by atoms with Gasteiger partial charge in [0.1, 0.15) is 11.7 Å². The van der Waals surface area contributed by atoms with Crippen molar-refractivity contribution in [2.75, 3.05) is 6.61 Å². The van der Waals surface area contributed by atoms with Crippen molar-refractivity contribution in [2.24, 2.45) is 10.8 Å². The van der Waals surface area contributed by atoms with Crippen LogP contribution < -0.4 is 0 Å². The summed E-state index contributed by atoms with van der Waals surface area (Å²) in [6, 6.07) is 0. The maximum atomic E-state index is 12.5. The van der Waals surface area contributed by atoms with Crippen LogP contribution in [0.4, 0.5) is 0 Å². The van der Waals surface area contributed by atoms with Gasteiger partial charge >= 0.3 is 5.97 Å². The highest BCUT2D eigenvalue weighted by atomic mass is 16.6. The fourth-order valence-corrected chi connectivity index (χ4v) is 5.67. The van der Waals surface area contributed by atoms with Crippen LogP contribution in [-0.2, 0) is 19.0 Å². The molecular formula is C23H32O6. The summed E-state index contributed by atoms with van der Waals surface area (Å²) < 4.78 is 18.4. The lowest BCUT2D eigenvalue weighted by molar-refractivity contribution is -0.209. The van der Waals surface area contributed by atoms with E-state index in [1.54, 1.807) is 0 Å². The number of rotatable bonds is 5. The standard InChI is InChI=1S/C23H32O6/c1-14-9-10-21(3)17(11-14)28-19-12-18(22(21,4)23(19)13-27-23)29-20(26)8-6-5-7-16(25)15(2)24/h5-8,11,15-19,24-25H,9-10,12-13H2,1-4H3/b7-5+,8-6-/t15-,16-,17+,18+,19+,21-,22+,23-/m0/s1. The highest BCUT2D eigenvalue weighted by molar-refractivity contribution is 5.82. The van der Waals surface area contributed by atoms with E-state index in [-0.39, 0.29) is 34.7 Å². The summed E-state index contributed by atoms with van der Waals surface area (Å²) in [6.07, 6.45) is 8.59. The first-order chi connectivity index (χ1) is 13.6. The molecule has 2 aliphatic heterocycles. The van der Waals surface area contributed by atoms with Gasteiger partial charge < -0.3 is 24.4 Å². The quantitative estimate of drug-likeness (QED) is 0.241.